The second-order valence-corrected chi connectivity index (χ2v) is 5.15. The molecule has 0 saturated heterocycles. The van der Waals surface area contributed by atoms with Crippen LogP contribution in [0.25, 0.3) is 0 Å². The van der Waals surface area contributed by atoms with E-state index >= 15 is 0 Å². The molecule has 0 heterocycles. The van der Waals surface area contributed by atoms with Gasteiger partial charge in [0, 0.05) is 19.0 Å². The van der Waals surface area contributed by atoms with Crippen LogP contribution in [0.3, 0.4) is 0 Å². The van der Waals surface area contributed by atoms with Gasteiger partial charge in [-0.1, -0.05) is 24.8 Å². The van der Waals surface area contributed by atoms with E-state index in [-0.39, 0.29) is 12.4 Å². The van der Waals surface area contributed by atoms with E-state index in [1.165, 1.54) is 6.07 Å². The van der Waals surface area contributed by atoms with Gasteiger partial charge in [0.15, 0.2) is 0 Å². The molecule has 1 aromatic carbocycles. The zero-order chi connectivity index (χ0) is 15.0. The molecule has 1 rings (SSSR count). The summed E-state index contributed by atoms with van der Waals surface area (Å²) in [5.41, 5.74) is 1.48. The lowest BCUT2D eigenvalue weighted by atomic mass is 10.1. The minimum absolute atomic E-state index is 0.00589. The van der Waals surface area contributed by atoms with Crippen molar-refractivity contribution in [3.8, 4) is 11.8 Å². The van der Waals surface area contributed by atoms with Crippen molar-refractivity contribution in [2.24, 2.45) is 0 Å². The molecular weight excluding hydrogens is 253 g/mol. The number of halogens is 1. The fraction of sp³-hybridized carbons (Fsp3) is 0.529. The van der Waals surface area contributed by atoms with E-state index < -0.39 is 0 Å². The van der Waals surface area contributed by atoms with Crippen LogP contribution in [0.5, 0.6) is 0 Å². The highest BCUT2D eigenvalue weighted by atomic mass is 19.1. The van der Waals surface area contributed by atoms with E-state index in [4.69, 9.17) is 5.11 Å². The third-order valence-electron chi connectivity index (χ3n) is 3.12. The Morgan fingerprint density at radius 3 is 2.70 bits per heavy atom. The predicted molar refractivity (Wildman–Crippen MR) is 80.8 cm³/mol. The highest BCUT2D eigenvalue weighted by Gasteiger charge is 2.10. The Kier molecular flexibility index (Phi) is 7.28. The van der Waals surface area contributed by atoms with E-state index in [0.717, 1.165) is 25.1 Å². The molecule has 0 aliphatic heterocycles. The molecule has 20 heavy (non-hydrogen) atoms. The van der Waals surface area contributed by atoms with E-state index in [2.05, 4.69) is 37.5 Å². The van der Waals surface area contributed by atoms with Crippen LogP contribution in [0.2, 0.25) is 0 Å². The molecule has 110 valence electrons. The maximum Gasteiger partial charge on any atom is 0.138 e. The number of nitrogens with zero attached hydrogens (tertiary/aromatic N) is 1. The first kappa shape index (κ1) is 16.7. The summed E-state index contributed by atoms with van der Waals surface area (Å²) < 4.78 is 13.7. The van der Waals surface area contributed by atoms with Gasteiger partial charge in [0.1, 0.15) is 5.82 Å². The number of hydrogen-bond donors (Lipinski definition) is 1. The minimum atomic E-state index is -0.300. The molecule has 0 radical (unpaired) electrons. The van der Waals surface area contributed by atoms with Crippen molar-refractivity contribution in [1.82, 2.24) is 4.90 Å². The fourth-order valence-corrected chi connectivity index (χ4v) is 2.02. The van der Waals surface area contributed by atoms with Crippen LogP contribution < -0.4 is 0 Å². The van der Waals surface area contributed by atoms with E-state index in [0.29, 0.717) is 18.0 Å². The summed E-state index contributed by atoms with van der Waals surface area (Å²) in [6.45, 7) is 8.33. The first-order valence-corrected chi connectivity index (χ1v) is 7.20. The maximum absolute atomic E-state index is 13.7. The standard InChI is InChI=1S/C17H24FNO/c1-4-10-19(14(2)3)13-15-8-9-17(18)16(12-15)7-5-6-11-20/h8-9,12,14,20H,4,6,10-11,13H2,1-3H3. The van der Waals surface area contributed by atoms with E-state index in [9.17, 15) is 4.39 Å². The summed E-state index contributed by atoms with van der Waals surface area (Å²) >= 11 is 0. The van der Waals surface area contributed by atoms with Crippen molar-refractivity contribution in [3.63, 3.8) is 0 Å². The SMILES string of the molecule is CCCN(Cc1ccc(F)c(C#CCCO)c1)C(C)C. The predicted octanol–water partition coefficient (Wildman–Crippen LogP) is 3.18. The van der Waals surface area contributed by atoms with Crippen molar-refractivity contribution >= 4 is 0 Å². The number of aliphatic hydroxyl groups is 1. The second-order valence-electron chi connectivity index (χ2n) is 5.15. The van der Waals surface area contributed by atoms with Crippen LogP contribution in [0.4, 0.5) is 4.39 Å². The molecule has 1 aromatic rings. The number of benzene rings is 1. The fourth-order valence-electron chi connectivity index (χ4n) is 2.02. The van der Waals surface area contributed by atoms with Crippen molar-refractivity contribution in [1.29, 1.82) is 0 Å². The molecule has 0 spiro atoms. The first-order chi connectivity index (χ1) is 9.58. The molecule has 0 aliphatic rings. The van der Waals surface area contributed by atoms with Crippen molar-refractivity contribution < 1.29 is 9.50 Å². The molecule has 0 saturated carbocycles. The molecule has 0 bridgehead atoms. The van der Waals surface area contributed by atoms with Gasteiger partial charge in [-0.05, 0) is 44.5 Å². The summed E-state index contributed by atoms with van der Waals surface area (Å²) in [7, 11) is 0. The maximum atomic E-state index is 13.7. The number of hydrogen-bond acceptors (Lipinski definition) is 2. The molecule has 0 aliphatic carbocycles. The van der Waals surface area contributed by atoms with E-state index in [1.807, 2.05) is 12.1 Å². The smallest absolute Gasteiger partial charge is 0.138 e. The molecule has 0 fully saturated rings. The lowest BCUT2D eigenvalue weighted by Gasteiger charge is -2.26. The molecule has 3 heteroatoms. The normalized spacial score (nSPS) is 10.8. The van der Waals surface area contributed by atoms with Crippen LogP contribution in [0.1, 0.15) is 44.7 Å². The molecule has 0 atom stereocenters. The molecular formula is C17H24FNO. The number of aliphatic hydroxyl groups excluding tert-OH is 1. The molecule has 0 amide bonds. The first-order valence-electron chi connectivity index (χ1n) is 7.20. The Morgan fingerprint density at radius 2 is 2.10 bits per heavy atom. The lowest BCUT2D eigenvalue weighted by Crippen LogP contribution is -2.31. The van der Waals surface area contributed by atoms with Gasteiger partial charge < -0.3 is 5.11 Å². The third kappa shape index (κ3) is 5.32. The lowest BCUT2D eigenvalue weighted by molar-refractivity contribution is 0.213. The van der Waals surface area contributed by atoms with Gasteiger partial charge in [-0.25, -0.2) is 4.39 Å². The quantitative estimate of drug-likeness (QED) is 0.807. The van der Waals surface area contributed by atoms with Gasteiger partial charge in [-0.3, -0.25) is 4.90 Å². The summed E-state index contributed by atoms with van der Waals surface area (Å²) in [5, 5.41) is 8.70. The Bertz CT molecular complexity index is 474. The van der Waals surface area contributed by atoms with Crippen LogP contribution in [-0.2, 0) is 6.54 Å². The molecule has 0 aromatic heterocycles. The Labute approximate surface area is 121 Å². The van der Waals surface area contributed by atoms with Crippen molar-refractivity contribution in [3.05, 3.63) is 35.1 Å². The van der Waals surface area contributed by atoms with Gasteiger partial charge in [-0.15, -0.1) is 0 Å². The third-order valence-corrected chi connectivity index (χ3v) is 3.12. The second kappa shape index (κ2) is 8.73. The Morgan fingerprint density at radius 1 is 1.35 bits per heavy atom. The van der Waals surface area contributed by atoms with Crippen LogP contribution in [0, 0.1) is 17.7 Å². The summed E-state index contributed by atoms with van der Waals surface area (Å²) in [4.78, 5) is 2.36. The average molecular weight is 277 g/mol. The topological polar surface area (TPSA) is 23.5 Å². The number of rotatable bonds is 6. The van der Waals surface area contributed by atoms with Gasteiger partial charge in [-0.2, -0.15) is 0 Å². The zero-order valence-electron chi connectivity index (χ0n) is 12.6. The summed E-state index contributed by atoms with van der Waals surface area (Å²) in [6.07, 6.45) is 1.47. The van der Waals surface area contributed by atoms with Gasteiger partial charge in [0.2, 0.25) is 0 Å². The summed E-state index contributed by atoms with van der Waals surface area (Å²) in [5.74, 6) is 5.25. The van der Waals surface area contributed by atoms with Crippen LogP contribution in [-0.4, -0.2) is 29.2 Å². The molecule has 0 unspecified atom stereocenters. The molecule has 2 nitrogen and oxygen atoms in total. The largest absolute Gasteiger partial charge is 0.395 e. The zero-order valence-corrected chi connectivity index (χ0v) is 12.6. The Hall–Kier alpha value is -1.37. The van der Waals surface area contributed by atoms with Gasteiger partial charge in [0.25, 0.3) is 0 Å². The van der Waals surface area contributed by atoms with Crippen molar-refractivity contribution in [2.75, 3.05) is 13.2 Å². The van der Waals surface area contributed by atoms with Gasteiger partial charge in [0.05, 0.1) is 12.2 Å². The Balaban J connectivity index is 2.86. The highest BCUT2D eigenvalue weighted by Crippen LogP contribution is 2.13. The average Bonchev–Trinajstić information content (AvgIpc) is 2.41. The van der Waals surface area contributed by atoms with Gasteiger partial charge >= 0.3 is 0 Å². The van der Waals surface area contributed by atoms with E-state index in [1.54, 1.807) is 0 Å². The highest BCUT2D eigenvalue weighted by molar-refractivity contribution is 5.38. The summed E-state index contributed by atoms with van der Waals surface area (Å²) in [6, 6.07) is 5.56. The van der Waals surface area contributed by atoms with Crippen molar-refractivity contribution in [2.45, 2.75) is 46.2 Å². The minimum Gasteiger partial charge on any atom is -0.395 e. The molecule has 1 N–H and O–H groups in total. The van der Waals surface area contributed by atoms with Crippen LogP contribution in [0.15, 0.2) is 18.2 Å². The monoisotopic (exact) mass is 277 g/mol. The van der Waals surface area contributed by atoms with Crippen LogP contribution >= 0.6 is 0 Å².